The molecule has 4 N–H and O–H groups in total. The first-order valence-corrected chi connectivity index (χ1v) is 7.17. The quantitative estimate of drug-likeness (QED) is 0.401. The summed E-state index contributed by atoms with van der Waals surface area (Å²) in [4.78, 5) is 8.90. The number of nitrogen functional groups attached to an aromatic ring is 1. The molecule has 6 heteroatoms. The lowest BCUT2D eigenvalue weighted by Gasteiger charge is -2.18. The molecule has 1 aromatic heterocycles. The van der Waals surface area contributed by atoms with Gasteiger partial charge in [0.25, 0.3) is 0 Å². The molecule has 1 aliphatic carbocycles. The molecule has 0 atom stereocenters. The molecule has 0 bridgehead atoms. The SMILES string of the molecule is CC(C)(C)c1nc(NN)cc(NCCOCC2CC2)n1. The van der Waals surface area contributed by atoms with Gasteiger partial charge in [0.05, 0.1) is 6.61 Å². The molecule has 0 saturated heterocycles. The minimum Gasteiger partial charge on any atom is -0.379 e. The number of aromatic nitrogens is 2. The van der Waals surface area contributed by atoms with Crippen LogP contribution in [-0.4, -0.2) is 29.7 Å². The molecule has 1 aliphatic rings. The monoisotopic (exact) mass is 279 g/mol. The summed E-state index contributed by atoms with van der Waals surface area (Å²) in [5.74, 6) is 8.40. The predicted octanol–water partition coefficient (Wildman–Crippen LogP) is 1.90. The maximum atomic E-state index is 5.59. The van der Waals surface area contributed by atoms with Crippen LogP contribution in [0.2, 0.25) is 0 Å². The predicted molar refractivity (Wildman–Crippen MR) is 80.6 cm³/mol. The average molecular weight is 279 g/mol. The lowest BCUT2D eigenvalue weighted by molar-refractivity contribution is 0.134. The van der Waals surface area contributed by atoms with Crippen LogP contribution in [0.3, 0.4) is 0 Å². The van der Waals surface area contributed by atoms with Crippen molar-refractivity contribution in [1.29, 1.82) is 0 Å². The van der Waals surface area contributed by atoms with Crippen molar-refractivity contribution in [1.82, 2.24) is 9.97 Å². The zero-order valence-electron chi connectivity index (χ0n) is 12.6. The van der Waals surface area contributed by atoms with Gasteiger partial charge in [0, 0.05) is 24.6 Å². The van der Waals surface area contributed by atoms with Crippen LogP contribution in [0, 0.1) is 5.92 Å². The number of ether oxygens (including phenoxy) is 1. The highest BCUT2D eigenvalue weighted by atomic mass is 16.5. The van der Waals surface area contributed by atoms with E-state index < -0.39 is 0 Å². The Kier molecular flexibility index (Phi) is 4.77. The van der Waals surface area contributed by atoms with Gasteiger partial charge in [-0.05, 0) is 18.8 Å². The van der Waals surface area contributed by atoms with Gasteiger partial charge in [-0.3, -0.25) is 0 Å². The summed E-state index contributed by atoms with van der Waals surface area (Å²) in [5, 5.41) is 3.25. The Balaban J connectivity index is 1.88. The standard InChI is InChI=1S/C14H25N5O/c1-14(2,3)13-17-11(8-12(18-13)19-15)16-6-7-20-9-10-4-5-10/h8,10H,4-7,9,15H2,1-3H3,(H2,16,17,18,19). The molecule has 112 valence electrons. The normalized spacial score (nSPS) is 15.2. The smallest absolute Gasteiger partial charge is 0.145 e. The van der Waals surface area contributed by atoms with Crippen molar-refractivity contribution in [2.45, 2.75) is 39.0 Å². The van der Waals surface area contributed by atoms with E-state index in [1.807, 2.05) is 0 Å². The van der Waals surface area contributed by atoms with Crippen molar-refractivity contribution in [3.63, 3.8) is 0 Å². The number of anilines is 2. The Hall–Kier alpha value is -1.40. The van der Waals surface area contributed by atoms with Crippen molar-refractivity contribution in [3.05, 3.63) is 11.9 Å². The number of hydrogen-bond acceptors (Lipinski definition) is 6. The molecule has 0 aromatic carbocycles. The number of rotatable bonds is 7. The summed E-state index contributed by atoms with van der Waals surface area (Å²) in [5.41, 5.74) is 2.46. The molecule has 0 radical (unpaired) electrons. The van der Waals surface area contributed by atoms with Crippen LogP contribution in [0.5, 0.6) is 0 Å². The highest BCUT2D eigenvalue weighted by molar-refractivity contribution is 5.47. The van der Waals surface area contributed by atoms with E-state index in [1.165, 1.54) is 12.8 Å². The number of nitrogens with zero attached hydrogens (tertiary/aromatic N) is 2. The van der Waals surface area contributed by atoms with Gasteiger partial charge in [0.15, 0.2) is 0 Å². The van der Waals surface area contributed by atoms with Crippen LogP contribution >= 0.6 is 0 Å². The fraction of sp³-hybridized carbons (Fsp3) is 0.714. The van der Waals surface area contributed by atoms with E-state index in [4.69, 9.17) is 10.6 Å². The van der Waals surface area contributed by atoms with Gasteiger partial charge in [-0.15, -0.1) is 0 Å². The zero-order chi connectivity index (χ0) is 14.6. The topological polar surface area (TPSA) is 85.1 Å². The van der Waals surface area contributed by atoms with Crippen LogP contribution in [0.25, 0.3) is 0 Å². The molecule has 0 spiro atoms. The van der Waals surface area contributed by atoms with Crippen LogP contribution in [0.1, 0.15) is 39.4 Å². The third-order valence-corrected chi connectivity index (χ3v) is 3.15. The summed E-state index contributed by atoms with van der Waals surface area (Å²) >= 11 is 0. The van der Waals surface area contributed by atoms with E-state index in [0.29, 0.717) is 12.4 Å². The zero-order valence-corrected chi connectivity index (χ0v) is 12.6. The number of hydrogen-bond donors (Lipinski definition) is 3. The van der Waals surface area contributed by atoms with Gasteiger partial charge in [0.2, 0.25) is 0 Å². The maximum absolute atomic E-state index is 5.59. The Morgan fingerprint density at radius 2 is 2.00 bits per heavy atom. The Morgan fingerprint density at radius 1 is 1.30 bits per heavy atom. The fourth-order valence-electron chi connectivity index (χ4n) is 1.73. The summed E-state index contributed by atoms with van der Waals surface area (Å²) in [6.07, 6.45) is 2.64. The fourth-order valence-corrected chi connectivity index (χ4v) is 1.73. The molecule has 1 aromatic rings. The highest BCUT2D eigenvalue weighted by Gasteiger charge is 2.21. The van der Waals surface area contributed by atoms with Crippen LogP contribution < -0.4 is 16.6 Å². The molecular weight excluding hydrogens is 254 g/mol. The Morgan fingerprint density at radius 3 is 2.60 bits per heavy atom. The second-order valence-corrected chi connectivity index (χ2v) is 6.30. The van der Waals surface area contributed by atoms with Gasteiger partial charge < -0.3 is 15.5 Å². The molecule has 1 fully saturated rings. The summed E-state index contributed by atoms with van der Waals surface area (Å²) in [6.45, 7) is 8.53. The third-order valence-electron chi connectivity index (χ3n) is 3.15. The number of nitrogens with one attached hydrogen (secondary N) is 2. The first-order valence-electron chi connectivity index (χ1n) is 7.17. The van der Waals surface area contributed by atoms with Crippen LogP contribution in [-0.2, 0) is 10.2 Å². The lowest BCUT2D eigenvalue weighted by atomic mass is 9.96. The maximum Gasteiger partial charge on any atom is 0.145 e. The average Bonchev–Trinajstić information content (AvgIpc) is 3.21. The van der Waals surface area contributed by atoms with Crippen LogP contribution in [0.4, 0.5) is 11.6 Å². The minimum atomic E-state index is -0.119. The van der Waals surface area contributed by atoms with Crippen molar-refractivity contribution in [2.75, 3.05) is 30.5 Å². The summed E-state index contributed by atoms with van der Waals surface area (Å²) in [7, 11) is 0. The number of nitrogens with two attached hydrogens (primary N) is 1. The highest BCUT2D eigenvalue weighted by Crippen LogP contribution is 2.28. The molecule has 20 heavy (non-hydrogen) atoms. The first kappa shape index (κ1) is 15.0. The van der Waals surface area contributed by atoms with Crippen molar-refractivity contribution in [2.24, 2.45) is 11.8 Å². The summed E-state index contributed by atoms with van der Waals surface area (Å²) < 4.78 is 5.59. The molecule has 1 saturated carbocycles. The van der Waals surface area contributed by atoms with Gasteiger partial charge in [-0.25, -0.2) is 15.8 Å². The molecule has 0 aliphatic heterocycles. The van der Waals surface area contributed by atoms with Gasteiger partial charge in [0.1, 0.15) is 17.5 Å². The largest absolute Gasteiger partial charge is 0.379 e. The van der Waals surface area contributed by atoms with Crippen molar-refractivity contribution < 1.29 is 4.74 Å². The van der Waals surface area contributed by atoms with Gasteiger partial charge in [-0.2, -0.15) is 0 Å². The van der Waals surface area contributed by atoms with E-state index in [1.54, 1.807) is 6.07 Å². The van der Waals surface area contributed by atoms with Gasteiger partial charge in [-0.1, -0.05) is 20.8 Å². The molecule has 6 nitrogen and oxygen atoms in total. The Labute approximate surface area is 120 Å². The minimum absolute atomic E-state index is 0.119. The second kappa shape index (κ2) is 6.37. The van der Waals surface area contributed by atoms with Gasteiger partial charge >= 0.3 is 0 Å². The number of hydrazine groups is 1. The molecule has 0 unspecified atom stereocenters. The van der Waals surface area contributed by atoms with E-state index in [-0.39, 0.29) is 5.41 Å². The van der Waals surface area contributed by atoms with E-state index in [2.05, 4.69) is 41.5 Å². The molecule has 2 rings (SSSR count). The lowest BCUT2D eigenvalue weighted by Crippen LogP contribution is -2.20. The summed E-state index contributed by atoms with van der Waals surface area (Å²) in [6, 6.07) is 1.80. The van der Waals surface area contributed by atoms with Crippen molar-refractivity contribution >= 4 is 11.6 Å². The van der Waals surface area contributed by atoms with Crippen LogP contribution in [0.15, 0.2) is 6.07 Å². The van der Waals surface area contributed by atoms with E-state index in [0.717, 1.165) is 30.7 Å². The Bertz CT molecular complexity index is 440. The molecular formula is C14H25N5O. The molecule has 1 heterocycles. The third kappa shape index (κ3) is 4.61. The van der Waals surface area contributed by atoms with E-state index in [9.17, 15) is 0 Å². The molecule has 0 amide bonds. The second-order valence-electron chi connectivity index (χ2n) is 6.30. The van der Waals surface area contributed by atoms with E-state index >= 15 is 0 Å². The van der Waals surface area contributed by atoms with Crippen molar-refractivity contribution in [3.8, 4) is 0 Å². The first-order chi connectivity index (χ1) is 9.49.